The molecule has 7 aromatic rings. The number of benzene rings is 5. The Morgan fingerprint density at radius 3 is 1.23 bits per heavy atom. The number of fused-ring (bicyclic) bond motifs is 2. The third-order valence-electron chi connectivity index (χ3n) is 8.18. The Bertz CT molecular complexity index is 1840. The van der Waals surface area contributed by atoms with E-state index in [4.69, 9.17) is 0 Å². The lowest BCUT2D eigenvalue weighted by atomic mass is 9.88. The van der Waals surface area contributed by atoms with E-state index in [9.17, 15) is 0 Å². The van der Waals surface area contributed by atoms with Gasteiger partial charge in [0.05, 0.1) is 0 Å². The molecule has 0 radical (unpaired) electrons. The van der Waals surface area contributed by atoms with Crippen LogP contribution in [0.2, 0.25) is 0 Å². The molecule has 0 aliphatic rings. The maximum absolute atomic E-state index is 2.46. The quantitative estimate of drug-likeness (QED) is 0.204. The summed E-state index contributed by atoms with van der Waals surface area (Å²) in [6.07, 6.45) is 0. The molecule has 40 heavy (non-hydrogen) atoms. The minimum Gasteiger partial charge on any atom is -0.135 e. The molecule has 2 aromatic heterocycles. The van der Waals surface area contributed by atoms with Gasteiger partial charge in [-0.3, -0.25) is 0 Å². The predicted octanol–water partition coefficient (Wildman–Crippen LogP) is 12.0. The van der Waals surface area contributed by atoms with Gasteiger partial charge < -0.3 is 0 Å². The van der Waals surface area contributed by atoms with Crippen molar-refractivity contribution in [3.63, 3.8) is 0 Å². The molecule has 0 unspecified atom stereocenters. The van der Waals surface area contributed by atoms with Crippen molar-refractivity contribution in [2.45, 2.75) is 27.7 Å². The van der Waals surface area contributed by atoms with E-state index in [0.717, 1.165) is 0 Å². The van der Waals surface area contributed by atoms with Crippen LogP contribution in [0.1, 0.15) is 22.3 Å². The second kappa shape index (κ2) is 9.89. The smallest absolute Gasteiger partial charge is 0.0361 e. The zero-order valence-corrected chi connectivity index (χ0v) is 24.8. The van der Waals surface area contributed by atoms with Crippen molar-refractivity contribution in [3.8, 4) is 43.1 Å². The van der Waals surface area contributed by atoms with Gasteiger partial charge in [-0.25, -0.2) is 0 Å². The first-order valence-electron chi connectivity index (χ1n) is 13.8. The van der Waals surface area contributed by atoms with Gasteiger partial charge in [0.2, 0.25) is 0 Å². The molecule has 0 aliphatic heterocycles. The molecule has 0 N–H and O–H groups in total. The SMILES string of the molecule is Cc1ccc(-c2cc(-c3ccc(C)c(C)c3)c(-c3cc4ccccc4s3)cc2-c2cc3ccccc3s2)cc1C. The Hall–Kier alpha value is -3.98. The van der Waals surface area contributed by atoms with Crippen LogP contribution in [-0.4, -0.2) is 0 Å². The van der Waals surface area contributed by atoms with Crippen molar-refractivity contribution in [1.82, 2.24) is 0 Å². The van der Waals surface area contributed by atoms with E-state index < -0.39 is 0 Å². The van der Waals surface area contributed by atoms with E-state index in [-0.39, 0.29) is 0 Å². The van der Waals surface area contributed by atoms with E-state index >= 15 is 0 Å². The van der Waals surface area contributed by atoms with Gasteiger partial charge in [0.15, 0.2) is 0 Å². The van der Waals surface area contributed by atoms with Gasteiger partial charge in [-0.05, 0) is 119 Å². The average Bonchev–Trinajstić information content (AvgIpc) is 3.60. The summed E-state index contributed by atoms with van der Waals surface area (Å²) >= 11 is 3.77. The summed E-state index contributed by atoms with van der Waals surface area (Å²) in [5, 5.41) is 2.60. The van der Waals surface area contributed by atoms with Crippen molar-refractivity contribution in [2.24, 2.45) is 0 Å². The molecule has 2 heteroatoms. The largest absolute Gasteiger partial charge is 0.135 e. The summed E-state index contributed by atoms with van der Waals surface area (Å²) < 4.78 is 2.65. The zero-order valence-electron chi connectivity index (χ0n) is 23.2. The molecule has 0 amide bonds. The van der Waals surface area contributed by atoms with Crippen LogP contribution in [-0.2, 0) is 0 Å². The third-order valence-corrected chi connectivity index (χ3v) is 10.5. The lowest BCUT2D eigenvalue weighted by Crippen LogP contribution is -1.92. The Kier molecular flexibility index (Phi) is 6.19. The molecular formula is C38H30S2. The first-order chi connectivity index (χ1) is 19.4. The zero-order chi connectivity index (χ0) is 27.4. The number of hydrogen-bond donors (Lipinski definition) is 0. The van der Waals surface area contributed by atoms with Crippen molar-refractivity contribution in [2.75, 3.05) is 0 Å². The fourth-order valence-electron chi connectivity index (χ4n) is 5.53. The van der Waals surface area contributed by atoms with E-state index in [0.29, 0.717) is 0 Å². The fourth-order valence-corrected chi connectivity index (χ4v) is 7.72. The molecule has 2 heterocycles. The van der Waals surface area contributed by atoms with Crippen LogP contribution in [0, 0.1) is 27.7 Å². The molecule has 0 atom stereocenters. The standard InChI is InChI=1S/C38H30S2/c1-23-13-15-27(17-25(23)3)31-21-32(28-16-14-24(2)26(4)18-28)34(38-20-30-10-6-8-12-36(30)40-38)22-33(31)37-19-29-9-5-7-11-35(29)39-37/h5-22H,1-4H3. The molecule has 0 nitrogen and oxygen atoms in total. The van der Waals surface area contributed by atoms with E-state index in [1.807, 2.05) is 22.7 Å². The minimum atomic E-state index is 1.27. The van der Waals surface area contributed by atoms with Crippen LogP contribution >= 0.6 is 22.7 Å². The topological polar surface area (TPSA) is 0 Å². The summed E-state index contributed by atoms with van der Waals surface area (Å²) in [5.41, 5.74) is 13.0. The molecule has 5 aromatic carbocycles. The summed E-state index contributed by atoms with van der Waals surface area (Å²) in [6.45, 7) is 8.82. The second-order valence-corrected chi connectivity index (χ2v) is 13.0. The lowest BCUT2D eigenvalue weighted by Gasteiger charge is -2.18. The summed E-state index contributed by atoms with van der Waals surface area (Å²) in [4.78, 5) is 2.62. The number of aryl methyl sites for hydroxylation is 4. The molecule has 0 fully saturated rings. The molecule has 0 bridgehead atoms. The third kappa shape index (κ3) is 4.38. The van der Waals surface area contributed by atoms with Crippen LogP contribution in [0.15, 0.2) is 109 Å². The maximum Gasteiger partial charge on any atom is 0.0361 e. The Morgan fingerprint density at radius 1 is 0.375 bits per heavy atom. The molecule has 0 aliphatic carbocycles. The van der Waals surface area contributed by atoms with Gasteiger partial charge >= 0.3 is 0 Å². The van der Waals surface area contributed by atoms with Gasteiger partial charge in [-0.1, -0.05) is 72.8 Å². The van der Waals surface area contributed by atoms with Crippen LogP contribution in [0.4, 0.5) is 0 Å². The summed E-state index contributed by atoms with van der Waals surface area (Å²) in [7, 11) is 0. The summed E-state index contributed by atoms with van der Waals surface area (Å²) in [5.74, 6) is 0. The highest BCUT2D eigenvalue weighted by atomic mass is 32.1. The molecule has 194 valence electrons. The number of hydrogen-bond acceptors (Lipinski definition) is 2. The Labute approximate surface area is 244 Å². The van der Waals surface area contributed by atoms with Crippen LogP contribution in [0.5, 0.6) is 0 Å². The van der Waals surface area contributed by atoms with E-state index in [1.165, 1.54) is 85.6 Å². The first kappa shape index (κ1) is 25.0. The van der Waals surface area contributed by atoms with Crippen LogP contribution in [0.3, 0.4) is 0 Å². The highest BCUT2D eigenvalue weighted by Gasteiger charge is 2.19. The first-order valence-corrected chi connectivity index (χ1v) is 15.4. The maximum atomic E-state index is 2.46. The second-order valence-electron chi connectivity index (χ2n) is 10.8. The van der Waals surface area contributed by atoms with Gasteiger partial charge in [0, 0.05) is 30.3 Å². The minimum absolute atomic E-state index is 1.27. The monoisotopic (exact) mass is 550 g/mol. The number of thiophene rings is 2. The van der Waals surface area contributed by atoms with E-state index in [1.54, 1.807) is 0 Å². The average molecular weight is 551 g/mol. The van der Waals surface area contributed by atoms with Crippen molar-refractivity contribution >= 4 is 42.8 Å². The van der Waals surface area contributed by atoms with Gasteiger partial charge in [0.1, 0.15) is 0 Å². The van der Waals surface area contributed by atoms with Gasteiger partial charge in [0.25, 0.3) is 0 Å². The highest BCUT2D eigenvalue weighted by molar-refractivity contribution is 7.22. The normalized spacial score (nSPS) is 11.5. The summed E-state index contributed by atoms with van der Waals surface area (Å²) in [6, 6.07) is 40.9. The van der Waals surface area contributed by atoms with E-state index in [2.05, 4.69) is 137 Å². The molecule has 0 spiro atoms. The molecule has 7 rings (SSSR count). The molecule has 0 saturated carbocycles. The number of rotatable bonds is 4. The Balaban J connectivity index is 1.57. The van der Waals surface area contributed by atoms with Crippen molar-refractivity contribution in [1.29, 1.82) is 0 Å². The molecule has 0 saturated heterocycles. The fraction of sp³-hybridized carbons (Fsp3) is 0.105. The highest BCUT2D eigenvalue weighted by Crippen LogP contribution is 2.47. The van der Waals surface area contributed by atoms with Crippen LogP contribution in [0.25, 0.3) is 63.3 Å². The van der Waals surface area contributed by atoms with Gasteiger partial charge in [-0.2, -0.15) is 0 Å². The predicted molar refractivity (Wildman–Crippen MR) is 178 cm³/mol. The van der Waals surface area contributed by atoms with Gasteiger partial charge in [-0.15, -0.1) is 22.7 Å². The lowest BCUT2D eigenvalue weighted by molar-refractivity contribution is 1.34. The van der Waals surface area contributed by atoms with Crippen molar-refractivity contribution in [3.05, 3.63) is 131 Å². The molecular weight excluding hydrogens is 521 g/mol. The Morgan fingerprint density at radius 2 is 0.800 bits per heavy atom. The van der Waals surface area contributed by atoms with Crippen LogP contribution < -0.4 is 0 Å². The van der Waals surface area contributed by atoms with Crippen molar-refractivity contribution < 1.29 is 0 Å².